The summed E-state index contributed by atoms with van der Waals surface area (Å²) in [6, 6.07) is 9.40. The topological polar surface area (TPSA) is 41.1 Å². The van der Waals surface area contributed by atoms with Gasteiger partial charge in [0.25, 0.3) is 0 Å². The van der Waals surface area contributed by atoms with E-state index in [1.54, 1.807) is 0 Å². The van der Waals surface area contributed by atoms with Gasteiger partial charge in [-0.15, -0.1) is 0 Å². The second kappa shape index (κ2) is 6.27. The van der Waals surface area contributed by atoms with Gasteiger partial charge in [-0.2, -0.15) is 0 Å². The Balaban J connectivity index is 1.45. The Hall–Kier alpha value is -0.870. The number of piperidine rings is 1. The highest BCUT2D eigenvalue weighted by molar-refractivity contribution is 9.10. The first-order chi connectivity index (χ1) is 9.69. The van der Waals surface area contributed by atoms with Crippen LogP contribution in [0, 0.1) is 5.92 Å². The van der Waals surface area contributed by atoms with Crippen molar-refractivity contribution in [2.24, 2.45) is 5.92 Å². The molecule has 4 heteroatoms. The van der Waals surface area contributed by atoms with Crippen LogP contribution in [-0.4, -0.2) is 18.0 Å². The van der Waals surface area contributed by atoms with E-state index in [0.29, 0.717) is 31.0 Å². The van der Waals surface area contributed by atoms with Gasteiger partial charge in [0.1, 0.15) is 0 Å². The van der Waals surface area contributed by atoms with Crippen molar-refractivity contribution in [3.63, 3.8) is 0 Å². The van der Waals surface area contributed by atoms with E-state index in [4.69, 9.17) is 0 Å². The molecule has 2 saturated heterocycles. The molecule has 1 aromatic carbocycles. The van der Waals surface area contributed by atoms with E-state index in [0.717, 1.165) is 10.0 Å². The second-order valence-corrected chi connectivity index (χ2v) is 7.00. The smallest absolute Gasteiger partial charge is 0.220 e. The fourth-order valence-electron chi connectivity index (χ4n) is 3.52. The summed E-state index contributed by atoms with van der Waals surface area (Å²) in [5, 5.41) is 6.66. The first-order valence-corrected chi connectivity index (χ1v) is 8.25. The summed E-state index contributed by atoms with van der Waals surface area (Å²) >= 11 is 3.45. The van der Waals surface area contributed by atoms with Crippen LogP contribution >= 0.6 is 15.9 Å². The number of carbonyl (C=O) groups excluding carboxylic acids is 1. The molecule has 3 rings (SSSR count). The molecule has 2 aliphatic rings. The van der Waals surface area contributed by atoms with Gasteiger partial charge in [-0.1, -0.05) is 28.1 Å². The summed E-state index contributed by atoms with van der Waals surface area (Å²) in [6.45, 7) is 0.621. The lowest BCUT2D eigenvalue weighted by Crippen LogP contribution is -2.39. The minimum atomic E-state index is 0.191. The van der Waals surface area contributed by atoms with Gasteiger partial charge in [0.2, 0.25) is 5.91 Å². The SMILES string of the molecule is O=C(CC1CC2CCC(C1)N2)NCc1cccc(Br)c1. The minimum absolute atomic E-state index is 0.191. The monoisotopic (exact) mass is 336 g/mol. The van der Waals surface area contributed by atoms with Crippen molar-refractivity contribution in [1.29, 1.82) is 0 Å². The average molecular weight is 337 g/mol. The number of halogens is 1. The summed E-state index contributed by atoms with van der Waals surface area (Å²) in [5.41, 5.74) is 1.14. The van der Waals surface area contributed by atoms with Crippen molar-refractivity contribution in [1.82, 2.24) is 10.6 Å². The lowest BCUT2D eigenvalue weighted by atomic mass is 9.89. The molecule has 0 saturated carbocycles. The van der Waals surface area contributed by atoms with Gasteiger partial charge in [-0.25, -0.2) is 0 Å². The molecule has 2 bridgehead atoms. The van der Waals surface area contributed by atoms with Crippen LogP contribution in [0.25, 0.3) is 0 Å². The third kappa shape index (κ3) is 3.61. The van der Waals surface area contributed by atoms with E-state index >= 15 is 0 Å². The normalized spacial score (nSPS) is 28.4. The predicted octanol–water partition coefficient (Wildman–Crippen LogP) is 2.99. The standard InChI is InChI=1S/C16H21BrN2O/c17-13-3-1-2-11(6-13)10-18-16(20)9-12-7-14-4-5-15(8-12)19-14/h1-3,6,12,14-15,19H,4-5,7-10H2,(H,18,20). The van der Waals surface area contributed by atoms with Gasteiger partial charge in [0, 0.05) is 29.5 Å². The third-order valence-electron chi connectivity index (χ3n) is 4.42. The van der Waals surface area contributed by atoms with E-state index in [2.05, 4.69) is 26.6 Å². The quantitative estimate of drug-likeness (QED) is 0.887. The highest BCUT2D eigenvalue weighted by atomic mass is 79.9. The van der Waals surface area contributed by atoms with Crippen molar-refractivity contribution in [3.8, 4) is 0 Å². The maximum atomic E-state index is 12.1. The van der Waals surface area contributed by atoms with Crippen molar-refractivity contribution in [3.05, 3.63) is 34.3 Å². The Kier molecular flexibility index (Phi) is 4.41. The van der Waals surface area contributed by atoms with Crippen LogP contribution in [-0.2, 0) is 11.3 Å². The van der Waals surface area contributed by atoms with Crippen molar-refractivity contribution < 1.29 is 4.79 Å². The molecule has 2 aliphatic heterocycles. The van der Waals surface area contributed by atoms with E-state index in [1.807, 2.05) is 24.3 Å². The molecule has 2 N–H and O–H groups in total. The number of hydrogen-bond acceptors (Lipinski definition) is 2. The number of fused-ring (bicyclic) bond motifs is 2. The minimum Gasteiger partial charge on any atom is -0.352 e. The zero-order chi connectivity index (χ0) is 13.9. The largest absolute Gasteiger partial charge is 0.352 e. The van der Waals surface area contributed by atoms with E-state index in [-0.39, 0.29) is 5.91 Å². The highest BCUT2D eigenvalue weighted by Gasteiger charge is 2.34. The Bertz CT molecular complexity index is 479. The lowest BCUT2D eigenvalue weighted by Gasteiger charge is -2.28. The van der Waals surface area contributed by atoms with E-state index < -0.39 is 0 Å². The van der Waals surface area contributed by atoms with E-state index in [9.17, 15) is 4.79 Å². The van der Waals surface area contributed by atoms with Gasteiger partial charge in [0.05, 0.1) is 0 Å². The molecule has 2 unspecified atom stereocenters. The molecule has 2 fully saturated rings. The fraction of sp³-hybridized carbons (Fsp3) is 0.562. The molecule has 2 atom stereocenters. The number of carbonyl (C=O) groups is 1. The number of rotatable bonds is 4. The molecule has 108 valence electrons. The predicted molar refractivity (Wildman–Crippen MR) is 83.3 cm³/mol. The molecule has 2 heterocycles. The Morgan fingerprint density at radius 2 is 2.05 bits per heavy atom. The van der Waals surface area contributed by atoms with Crippen LogP contribution in [0.3, 0.4) is 0 Å². The molecular weight excluding hydrogens is 316 g/mol. The molecule has 0 radical (unpaired) electrons. The van der Waals surface area contributed by atoms with Crippen LogP contribution in [0.2, 0.25) is 0 Å². The number of benzene rings is 1. The number of nitrogens with one attached hydrogen (secondary N) is 2. The highest BCUT2D eigenvalue weighted by Crippen LogP contribution is 2.32. The van der Waals surface area contributed by atoms with Crippen molar-refractivity contribution >= 4 is 21.8 Å². The molecule has 0 spiro atoms. The molecule has 1 aromatic rings. The maximum absolute atomic E-state index is 12.1. The summed E-state index contributed by atoms with van der Waals surface area (Å²) in [5.74, 6) is 0.757. The zero-order valence-electron chi connectivity index (χ0n) is 11.6. The van der Waals surface area contributed by atoms with Crippen molar-refractivity contribution in [2.75, 3.05) is 0 Å². The first-order valence-electron chi connectivity index (χ1n) is 7.46. The molecule has 3 nitrogen and oxygen atoms in total. The van der Waals surface area contributed by atoms with Crippen LogP contribution in [0.1, 0.15) is 37.7 Å². The average Bonchev–Trinajstić information content (AvgIpc) is 2.76. The summed E-state index contributed by atoms with van der Waals surface area (Å²) in [6.07, 6.45) is 5.60. The van der Waals surface area contributed by atoms with Gasteiger partial charge in [0.15, 0.2) is 0 Å². The summed E-state index contributed by atoms with van der Waals surface area (Å²) in [7, 11) is 0. The second-order valence-electron chi connectivity index (χ2n) is 6.09. The number of amides is 1. The van der Waals surface area contributed by atoms with Crippen molar-refractivity contribution in [2.45, 2.75) is 50.7 Å². The third-order valence-corrected chi connectivity index (χ3v) is 4.92. The molecule has 20 heavy (non-hydrogen) atoms. The first kappa shape index (κ1) is 14.1. The Labute approximate surface area is 128 Å². The molecular formula is C16H21BrN2O. The zero-order valence-corrected chi connectivity index (χ0v) is 13.2. The van der Waals surface area contributed by atoms with Gasteiger partial charge in [-0.3, -0.25) is 4.79 Å². The van der Waals surface area contributed by atoms with Gasteiger partial charge in [-0.05, 0) is 49.3 Å². The van der Waals surface area contributed by atoms with Crippen LogP contribution < -0.4 is 10.6 Å². The fourth-order valence-corrected chi connectivity index (χ4v) is 3.97. The van der Waals surface area contributed by atoms with Gasteiger partial charge < -0.3 is 10.6 Å². The Morgan fingerprint density at radius 3 is 2.75 bits per heavy atom. The van der Waals surface area contributed by atoms with Crippen LogP contribution in [0.5, 0.6) is 0 Å². The van der Waals surface area contributed by atoms with E-state index in [1.165, 1.54) is 25.7 Å². The number of hydrogen-bond donors (Lipinski definition) is 2. The van der Waals surface area contributed by atoms with Crippen LogP contribution in [0.15, 0.2) is 28.7 Å². The lowest BCUT2D eigenvalue weighted by molar-refractivity contribution is -0.122. The Morgan fingerprint density at radius 1 is 1.30 bits per heavy atom. The summed E-state index contributed by atoms with van der Waals surface area (Å²) < 4.78 is 1.05. The molecule has 1 amide bonds. The van der Waals surface area contributed by atoms with Crippen LogP contribution in [0.4, 0.5) is 0 Å². The van der Waals surface area contributed by atoms with Gasteiger partial charge >= 0.3 is 0 Å². The molecule has 0 aliphatic carbocycles. The maximum Gasteiger partial charge on any atom is 0.220 e. The molecule has 0 aromatic heterocycles. The summed E-state index contributed by atoms with van der Waals surface area (Å²) in [4.78, 5) is 12.1.